The van der Waals surface area contributed by atoms with Crippen LogP contribution in [0.25, 0.3) is 0 Å². The molecule has 2 heterocycles. The number of nitrogens with zero attached hydrogens (tertiary/aromatic N) is 3. The summed E-state index contributed by atoms with van der Waals surface area (Å²) in [4.78, 5) is 13.4. The number of thioether (sulfide) groups is 1. The third-order valence-corrected chi connectivity index (χ3v) is 4.47. The lowest BCUT2D eigenvalue weighted by Crippen LogP contribution is -2.38. The molecule has 0 spiro atoms. The number of amides is 1. The highest BCUT2D eigenvalue weighted by Gasteiger charge is 2.15. The lowest BCUT2D eigenvalue weighted by molar-refractivity contribution is -0.116. The number of ether oxygens (including phenoxy) is 2. The van der Waals surface area contributed by atoms with Gasteiger partial charge in [0.15, 0.2) is 5.17 Å². The van der Waals surface area contributed by atoms with E-state index in [4.69, 9.17) is 9.47 Å². The monoisotopic (exact) mass is 348 g/mol. The average molecular weight is 348 g/mol. The molecule has 2 aliphatic heterocycles. The minimum absolute atomic E-state index is 0.0347. The van der Waals surface area contributed by atoms with Crippen LogP contribution in [0.1, 0.15) is 5.56 Å². The number of carbonyl (C=O) groups excluding carboxylic acids is 1. The van der Waals surface area contributed by atoms with Gasteiger partial charge in [-0.2, -0.15) is 5.10 Å². The molecule has 0 unspecified atom stereocenters. The van der Waals surface area contributed by atoms with Gasteiger partial charge in [-0.3, -0.25) is 9.69 Å². The number of nitrogens with one attached hydrogen (secondary N) is 1. The quantitative estimate of drug-likeness (QED) is 0.612. The molecule has 0 aromatic heterocycles. The molecular weight excluding hydrogens is 328 g/mol. The van der Waals surface area contributed by atoms with Crippen LogP contribution >= 0.6 is 11.8 Å². The van der Waals surface area contributed by atoms with Gasteiger partial charge < -0.3 is 14.8 Å². The second-order valence-corrected chi connectivity index (χ2v) is 6.32. The van der Waals surface area contributed by atoms with Crippen molar-refractivity contribution >= 4 is 29.1 Å². The summed E-state index contributed by atoms with van der Waals surface area (Å²) in [5.74, 6) is 1.21. The van der Waals surface area contributed by atoms with Gasteiger partial charge in [-0.25, -0.2) is 0 Å². The first-order chi connectivity index (χ1) is 11.8. The van der Waals surface area contributed by atoms with Crippen molar-refractivity contribution in [3.05, 3.63) is 29.8 Å². The lowest BCUT2D eigenvalue weighted by atomic mass is 10.2. The molecule has 0 atom stereocenters. The van der Waals surface area contributed by atoms with Crippen LogP contribution in [0.2, 0.25) is 0 Å². The molecule has 2 saturated heterocycles. The lowest BCUT2D eigenvalue weighted by Gasteiger charge is -2.26. The molecule has 7 nitrogen and oxygen atoms in total. The Morgan fingerprint density at radius 2 is 2.08 bits per heavy atom. The van der Waals surface area contributed by atoms with Crippen LogP contribution in [0.5, 0.6) is 5.75 Å². The molecule has 0 saturated carbocycles. The van der Waals surface area contributed by atoms with E-state index in [1.807, 2.05) is 24.3 Å². The molecule has 0 aliphatic carbocycles. The highest BCUT2D eigenvalue weighted by atomic mass is 32.2. The highest BCUT2D eigenvalue weighted by molar-refractivity contribution is 8.15. The van der Waals surface area contributed by atoms with Crippen molar-refractivity contribution in [3.8, 4) is 5.75 Å². The second kappa shape index (κ2) is 8.81. The van der Waals surface area contributed by atoms with Crippen LogP contribution in [0, 0.1) is 0 Å². The number of benzene rings is 1. The van der Waals surface area contributed by atoms with E-state index in [1.54, 1.807) is 6.21 Å². The van der Waals surface area contributed by atoms with E-state index in [0.717, 1.165) is 44.2 Å². The van der Waals surface area contributed by atoms with Crippen molar-refractivity contribution in [2.24, 2.45) is 10.2 Å². The maximum Gasteiger partial charge on any atom is 0.236 e. The van der Waals surface area contributed by atoms with Crippen molar-refractivity contribution in [3.63, 3.8) is 0 Å². The first-order valence-electron chi connectivity index (χ1n) is 7.86. The normalized spacial score (nSPS) is 20.7. The van der Waals surface area contributed by atoms with Crippen molar-refractivity contribution in [2.75, 3.05) is 45.2 Å². The Morgan fingerprint density at radius 1 is 1.29 bits per heavy atom. The number of hydrogen-bond donors (Lipinski definition) is 1. The van der Waals surface area contributed by atoms with Crippen LogP contribution in [0.4, 0.5) is 0 Å². The minimum Gasteiger partial charge on any atom is -0.492 e. The molecule has 1 amide bonds. The van der Waals surface area contributed by atoms with Gasteiger partial charge in [0.05, 0.1) is 25.2 Å². The predicted molar refractivity (Wildman–Crippen MR) is 94.8 cm³/mol. The van der Waals surface area contributed by atoms with Gasteiger partial charge >= 0.3 is 0 Å². The fraction of sp³-hybridized carbons (Fsp3) is 0.438. The highest BCUT2D eigenvalue weighted by Crippen LogP contribution is 2.12. The summed E-state index contributed by atoms with van der Waals surface area (Å²) in [5.41, 5.74) is 0.925. The van der Waals surface area contributed by atoms with Crippen LogP contribution in [-0.2, 0) is 9.53 Å². The Bertz CT molecular complexity index is 612. The Hall–Kier alpha value is -1.90. The van der Waals surface area contributed by atoms with Gasteiger partial charge in [-0.05, 0) is 29.8 Å². The third-order valence-electron chi connectivity index (χ3n) is 3.60. The van der Waals surface area contributed by atoms with Gasteiger partial charge in [0, 0.05) is 19.6 Å². The fourth-order valence-electron chi connectivity index (χ4n) is 2.29. The summed E-state index contributed by atoms with van der Waals surface area (Å²) in [6.07, 6.45) is 1.65. The molecule has 3 rings (SSSR count). The smallest absolute Gasteiger partial charge is 0.236 e. The van der Waals surface area contributed by atoms with Crippen molar-refractivity contribution < 1.29 is 14.3 Å². The average Bonchev–Trinajstić information content (AvgIpc) is 3.03. The Kier molecular flexibility index (Phi) is 6.22. The zero-order valence-corrected chi connectivity index (χ0v) is 14.1. The number of amidine groups is 1. The van der Waals surface area contributed by atoms with Gasteiger partial charge in [-0.15, -0.1) is 5.10 Å². The molecule has 1 aromatic rings. The molecule has 8 heteroatoms. The van der Waals surface area contributed by atoms with Crippen molar-refractivity contribution in [1.82, 2.24) is 10.2 Å². The summed E-state index contributed by atoms with van der Waals surface area (Å²) in [6.45, 7) is 5.13. The van der Waals surface area contributed by atoms with E-state index in [9.17, 15) is 4.79 Å². The molecule has 0 radical (unpaired) electrons. The first-order valence-corrected chi connectivity index (χ1v) is 8.85. The summed E-state index contributed by atoms with van der Waals surface area (Å²) in [5, 5.41) is 11.1. The molecular formula is C16H20N4O3S. The van der Waals surface area contributed by atoms with Crippen molar-refractivity contribution in [1.29, 1.82) is 0 Å². The van der Waals surface area contributed by atoms with Crippen LogP contribution in [0.3, 0.4) is 0 Å². The van der Waals surface area contributed by atoms with Gasteiger partial charge in [-0.1, -0.05) is 11.8 Å². The number of rotatable bonds is 6. The van der Waals surface area contributed by atoms with E-state index in [-0.39, 0.29) is 5.91 Å². The maximum absolute atomic E-state index is 11.0. The standard InChI is InChI=1S/C16H20N4O3S/c21-15-12-24-16(18-15)19-17-11-13-1-3-14(4-2-13)23-10-7-20-5-8-22-9-6-20/h1-4,11H,5-10,12H2,(H,18,19,21). The van der Waals surface area contributed by atoms with E-state index in [0.29, 0.717) is 17.5 Å². The SMILES string of the molecule is O=C1CSC(=NN=Cc2ccc(OCCN3CCOCC3)cc2)N1. The number of carbonyl (C=O) groups is 1. The molecule has 0 bridgehead atoms. The van der Waals surface area contributed by atoms with Gasteiger partial charge in [0.25, 0.3) is 0 Å². The Morgan fingerprint density at radius 3 is 2.79 bits per heavy atom. The van der Waals surface area contributed by atoms with Gasteiger partial charge in [0.2, 0.25) is 5.91 Å². The van der Waals surface area contributed by atoms with E-state index < -0.39 is 0 Å². The Balaban J connectivity index is 1.42. The Labute approximate surface area is 145 Å². The molecule has 1 aromatic carbocycles. The van der Waals surface area contributed by atoms with Crippen LogP contribution in [-0.4, -0.2) is 67.4 Å². The maximum atomic E-state index is 11.0. The molecule has 24 heavy (non-hydrogen) atoms. The minimum atomic E-state index is -0.0347. The topological polar surface area (TPSA) is 75.5 Å². The zero-order chi connectivity index (χ0) is 16.6. The third kappa shape index (κ3) is 5.33. The fourth-order valence-corrected chi connectivity index (χ4v) is 2.93. The summed E-state index contributed by atoms with van der Waals surface area (Å²) in [6, 6.07) is 7.68. The summed E-state index contributed by atoms with van der Waals surface area (Å²) < 4.78 is 11.1. The number of hydrogen-bond acceptors (Lipinski definition) is 7. The molecule has 2 aliphatic rings. The van der Waals surface area contributed by atoms with E-state index in [1.165, 1.54) is 11.8 Å². The van der Waals surface area contributed by atoms with Crippen LogP contribution < -0.4 is 10.1 Å². The predicted octanol–water partition coefficient (Wildman–Crippen LogP) is 0.951. The van der Waals surface area contributed by atoms with Gasteiger partial charge in [0.1, 0.15) is 12.4 Å². The first kappa shape index (κ1) is 16.9. The molecule has 128 valence electrons. The summed E-state index contributed by atoms with van der Waals surface area (Å²) >= 11 is 1.35. The zero-order valence-electron chi connectivity index (χ0n) is 13.3. The number of morpholine rings is 1. The second-order valence-electron chi connectivity index (χ2n) is 5.36. The molecule has 2 fully saturated rings. The largest absolute Gasteiger partial charge is 0.492 e. The van der Waals surface area contributed by atoms with E-state index in [2.05, 4.69) is 20.4 Å². The summed E-state index contributed by atoms with van der Waals surface area (Å²) in [7, 11) is 0. The molecule has 1 N–H and O–H groups in total. The van der Waals surface area contributed by atoms with E-state index >= 15 is 0 Å². The van der Waals surface area contributed by atoms with Crippen LogP contribution in [0.15, 0.2) is 34.5 Å². The van der Waals surface area contributed by atoms with Crippen molar-refractivity contribution in [2.45, 2.75) is 0 Å².